The van der Waals surface area contributed by atoms with Gasteiger partial charge in [0.15, 0.2) is 0 Å². The minimum Gasteiger partial charge on any atom is -0.497 e. The molecule has 1 rings (SSSR count). The Morgan fingerprint density at radius 1 is 1.45 bits per heavy atom. The predicted octanol–water partition coefficient (Wildman–Crippen LogP) is 3.42. The Morgan fingerprint density at radius 3 is 2.75 bits per heavy atom. The van der Waals surface area contributed by atoms with E-state index in [9.17, 15) is 4.79 Å². The molecule has 0 radical (unpaired) electrons. The summed E-state index contributed by atoms with van der Waals surface area (Å²) in [4.78, 5) is 11.8. The van der Waals surface area contributed by atoms with E-state index < -0.39 is 0 Å². The van der Waals surface area contributed by atoms with E-state index in [2.05, 4.69) is 19.2 Å². The topological polar surface area (TPSA) is 64.3 Å². The molecule has 1 aromatic rings. The van der Waals surface area contributed by atoms with E-state index >= 15 is 0 Å². The van der Waals surface area contributed by atoms with E-state index in [0.29, 0.717) is 28.8 Å². The molecule has 0 bridgehead atoms. The van der Waals surface area contributed by atoms with Gasteiger partial charge in [-0.05, 0) is 30.2 Å². The Hall–Kier alpha value is -1.07. The summed E-state index contributed by atoms with van der Waals surface area (Å²) in [5.41, 5.74) is 6.96. The molecule has 1 amide bonds. The number of amides is 1. The number of nitrogens with two attached hydrogens (primary N) is 1. The Balaban J connectivity index is 0.00000361. The number of hydrogen-bond donors (Lipinski definition) is 2. The van der Waals surface area contributed by atoms with Crippen molar-refractivity contribution >= 4 is 41.5 Å². The number of benzene rings is 1. The van der Waals surface area contributed by atoms with Crippen molar-refractivity contribution in [3.05, 3.63) is 18.2 Å². The minimum absolute atomic E-state index is 0. The molecule has 0 saturated carbocycles. The van der Waals surface area contributed by atoms with Crippen molar-refractivity contribution in [2.75, 3.05) is 29.7 Å². The summed E-state index contributed by atoms with van der Waals surface area (Å²) in [7, 11) is 1.58. The second-order valence-corrected chi connectivity index (χ2v) is 5.84. The lowest BCUT2D eigenvalue weighted by molar-refractivity contribution is -0.113. The van der Waals surface area contributed by atoms with Crippen LogP contribution in [0.15, 0.2) is 18.2 Å². The maximum absolute atomic E-state index is 11.8. The highest BCUT2D eigenvalue weighted by Gasteiger charge is 2.07. The number of carbonyl (C=O) groups is 1. The molecular formula is C14H23ClN2O2S. The summed E-state index contributed by atoms with van der Waals surface area (Å²) in [5, 5.41) is 2.81. The zero-order chi connectivity index (χ0) is 14.3. The third kappa shape index (κ3) is 6.91. The SMILES string of the molecule is COc1ccc(N)c(NC(=O)CSCCC(C)C)c1.Cl. The fraction of sp³-hybridized carbons (Fsp3) is 0.500. The Morgan fingerprint density at radius 2 is 2.15 bits per heavy atom. The van der Waals surface area contributed by atoms with Crippen molar-refractivity contribution in [3.8, 4) is 5.75 Å². The molecule has 4 nitrogen and oxygen atoms in total. The van der Waals surface area contributed by atoms with Crippen LogP contribution in [0.4, 0.5) is 11.4 Å². The zero-order valence-corrected chi connectivity index (χ0v) is 13.8. The molecule has 0 aliphatic heterocycles. The first-order valence-corrected chi connectivity index (χ1v) is 7.49. The number of nitrogens with one attached hydrogen (secondary N) is 1. The quantitative estimate of drug-likeness (QED) is 0.597. The van der Waals surface area contributed by atoms with Crippen molar-refractivity contribution in [1.82, 2.24) is 0 Å². The van der Waals surface area contributed by atoms with Crippen LogP contribution in [0.25, 0.3) is 0 Å². The molecule has 0 aliphatic carbocycles. The van der Waals surface area contributed by atoms with Crippen LogP contribution in [0.5, 0.6) is 5.75 Å². The van der Waals surface area contributed by atoms with Gasteiger partial charge in [0.05, 0.1) is 24.2 Å². The van der Waals surface area contributed by atoms with Crippen molar-refractivity contribution in [2.45, 2.75) is 20.3 Å². The van der Waals surface area contributed by atoms with Gasteiger partial charge < -0.3 is 15.8 Å². The largest absolute Gasteiger partial charge is 0.497 e. The fourth-order valence-electron chi connectivity index (χ4n) is 1.44. The van der Waals surface area contributed by atoms with E-state index in [1.165, 1.54) is 0 Å². The van der Waals surface area contributed by atoms with Gasteiger partial charge >= 0.3 is 0 Å². The van der Waals surface area contributed by atoms with Gasteiger partial charge in [-0.2, -0.15) is 11.8 Å². The molecule has 6 heteroatoms. The third-order valence-electron chi connectivity index (χ3n) is 2.61. The van der Waals surface area contributed by atoms with Gasteiger partial charge in [0, 0.05) is 6.07 Å². The molecular weight excluding hydrogens is 296 g/mol. The first kappa shape index (κ1) is 18.9. The standard InChI is InChI=1S/C14H22N2O2S.ClH/c1-10(2)6-7-19-9-14(17)16-13-8-11(18-3)4-5-12(13)15;/h4-5,8,10H,6-7,9,15H2,1-3H3,(H,16,17);1H. The number of thioether (sulfide) groups is 1. The number of methoxy groups -OCH3 is 1. The maximum Gasteiger partial charge on any atom is 0.234 e. The van der Waals surface area contributed by atoms with Crippen molar-refractivity contribution in [3.63, 3.8) is 0 Å². The van der Waals surface area contributed by atoms with Gasteiger partial charge in [0.2, 0.25) is 5.91 Å². The van der Waals surface area contributed by atoms with Gasteiger partial charge in [-0.15, -0.1) is 12.4 Å². The van der Waals surface area contributed by atoms with Gasteiger partial charge in [-0.1, -0.05) is 13.8 Å². The van der Waals surface area contributed by atoms with Crippen LogP contribution in [0.2, 0.25) is 0 Å². The molecule has 0 unspecified atom stereocenters. The molecule has 114 valence electrons. The lowest BCUT2D eigenvalue weighted by atomic mass is 10.2. The highest BCUT2D eigenvalue weighted by Crippen LogP contribution is 2.24. The molecule has 0 saturated heterocycles. The molecule has 0 aliphatic rings. The first-order chi connectivity index (χ1) is 9.02. The predicted molar refractivity (Wildman–Crippen MR) is 90.1 cm³/mol. The number of anilines is 2. The number of nitrogen functional groups attached to an aromatic ring is 1. The van der Waals surface area contributed by atoms with Crippen LogP contribution in [-0.4, -0.2) is 24.5 Å². The number of hydrogen-bond acceptors (Lipinski definition) is 4. The molecule has 0 aromatic heterocycles. The summed E-state index contributed by atoms with van der Waals surface area (Å²) < 4.78 is 5.10. The normalized spacial score (nSPS) is 10.0. The monoisotopic (exact) mass is 318 g/mol. The number of rotatable bonds is 7. The van der Waals surface area contributed by atoms with E-state index in [1.54, 1.807) is 37.1 Å². The smallest absolute Gasteiger partial charge is 0.234 e. The molecule has 0 atom stereocenters. The fourth-order valence-corrected chi connectivity index (χ4v) is 2.48. The molecule has 20 heavy (non-hydrogen) atoms. The molecule has 3 N–H and O–H groups in total. The number of halogens is 1. The maximum atomic E-state index is 11.8. The average molecular weight is 319 g/mol. The lowest BCUT2D eigenvalue weighted by Gasteiger charge is -2.10. The van der Waals surface area contributed by atoms with E-state index in [4.69, 9.17) is 10.5 Å². The van der Waals surface area contributed by atoms with Crippen LogP contribution in [0.1, 0.15) is 20.3 Å². The van der Waals surface area contributed by atoms with Gasteiger partial charge in [-0.3, -0.25) is 4.79 Å². The second kappa shape index (κ2) is 9.77. The van der Waals surface area contributed by atoms with Crippen molar-refractivity contribution in [2.24, 2.45) is 5.92 Å². The zero-order valence-electron chi connectivity index (χ0n) is 12.1. The summed E-state index contributed by atoms with van der Waals surface area (Å²) >= 11 is 1.64. The van der Waals surface area contributed by atoms with Gasteiger partial charge in [-0.25, -0.2) is 0 Å². The molecule has 0 heterocycles. The Kier molecular flexibility index (Phi) is 9.25. The number of carbonyl (C=O) groups excluding carboxylic acids is 1. The van der Waals surface area contributed by atoms with E-state index in [1.807, 2.05) is 0 Å². The summed E-state index contributed by atoms with van der Waals surface area (Å²) in [6.45, 7) is 4.36. The first-order valence-electron chi connectivity index (χ1n) is 6.34. The Bertz CT molecular complexity index is 428. The lowest BCUT2D eigenvalue weighted by Crippen LogP contribution is -2.15. The number of ether oxygens (including phenoxy) is 1. The van der Waals surface area contributed by atoms with Crippen molar-refractivity contribution < 1.29 is 9.53 Å². The highest BCUT2D eigenvalue weighted by atomic mass is 35.5. The van der Waals surface area contributed by atoms with Crippen LogP contribution in [-0.2, 0) is 4.79 Å². The summed E-state index contributed by atoms with van der Waals surface area (Å²) in [5.74, 6) is 2.76. The van der Waals surface area contributed by atoms with Crippen LogP contribution in [0.3, 0.4) is 0 Å². The van der Waals surface area contributed by atoms with Crippen LogP contribution >= 0.6 is 24.2 Å². The van der Waals surface area contributed by atoms with Crippen LogP contribution < -0.4 is 15.8 Å². The summed E-state index contributed by atoms with van der Waals surface area (Å²) in [6.07, 6.45) is 1.12. The molecule has 0 spiro atoms. The highest BCUT2D eigenvalue weighted by molar-refractivity contribution is 7.99. The second-order valence-electron chi connectivity index (χ2n) is 4.74. The van der Waals surface area contributed by atoms with E-state index in [0.717, 1.165) is 12.2 Å². The summed E-state index contributed by atoms with van der Waals surface area (Å²) in [6, 6.07) is 5.22. The van der Waals surface area contributed by atoms with E-state index in [-0.39, 0.29) is 18.3 Å². The molecule has 1 aromatic carbocycles. The van der Waals surface area contributed by atoms with Gasteiger partial charge in [0.25, 0.3) is 0 Å². The van der Waals surface area contributed by atoms with Gasteiger partial charge in [0.1, 0.15) is 5.75 Å². The van der Waals surface area contributed by atoms with Crippen molar-refractivity contribution in [1.29, 1.82) is 0 Å². The minimum atomic E-state index is -0.0336. The molecule has 0 fully saturated rings. The average Bonchev–Trinajstić information content (AvgIpc) is 2.37. The Labute approximate surface area is 131 Å². The third-order valence-corrected chi connectivity index (χ3v) is 3.60. The van der Waals surface area contributed by atoms with Crippen LogP contribution in [0, 0.1) is 5.92 Å².